The molecule has 0 radical (unpaired) electrons. The van der Waals surface area contributed by atoms with Crippen LogP contribution in [-0.4, -0.2) is 9.78 Å². The molecule has 0 bridgehead atoms. The van der Waals surface area contributed by atoms with Gasteiger partial charge in [-0.15, -0.1) is 0 Å². The fraction of sp³-hybridized carbons (Fsp3) is 0.250. The zero-order chi connectivity index (χ0) is 15.0. The van der Waals surface area contributed by atoms with Gasteiger partial charge >= 0.3 is 0 Å². The molecule has 0 spiro atoms. The molecule has 21 heavy (non-hydrogen) atoms. The Morgan fingerprint density at radius 2 is 2.10 bits per heavy atom. The van der Waals surface area contributed by atoms with E-state index in [9.17, 15) is 4.79 Å². The van der Waals surface area contributed by atoms with E-state index in [1.54, 1.807) is 22.9 Å². The van der Waals surface area contributed by atoms with Crippen LogP contribution in [0.4, 0.5) is 0 Å². The lowest BCUT2D eigenvalue weighted by Gasteiger charge is -2.03. The molecule has 0 atom stereocenters. The molecule has 0 saturated heterocycles. The molecule has 0 N–H and O–H groups in total. The lowest BCUT2D eigenvalue weighted by atomic mass is 10.2. The first-order chi connectivity index (χ1) is 10.1. The van der Waals surface area contributed by atoms with Gasteiger partial charge in [-0.3, -0.25) is 9.48 Å². The van der Waals surface area contributed by atoms with Crippen LogP contribution in [0.3, 0.4) is 0 Å². The minimum atomic E-state index is -0.105. The molecule has 0 aliphatic heterocycles. The summed E-state index contributed by atoms with van der Waals surface area (Å²) in [7, 11) is 1.85. The summed E-state index contributed by atoms with van der Waals surface area (Å²) in [6, 6.07) is 8.50. The zero-order valence-electron chi connectivity index (χ0n) is 11.9. The smallest absolute Gasteiger partial charge is 0.193 e. The van der Waals surface area contributed by atoms with Crippen LogP contribution in [0.2, 0.25) is 5.02 Å². The third-order valence-electron chi connectivity index (χ3n) is 3.38. The van der Waals surface area contributed by atoms with Crippen molar-refractivity contribution in [3.63, 3.8) is 0 Å². The first-order valence-electron chi connectivity index (χ1n) is 6.85. The first kappa shape index (κ1) is 13.9. The normalized spacial score (nSPS) is 11.2. The maximum atomic E-state index is 12.2. The summed E-state index contributed by atoms with van der Waals surface area (Å²) in [5.74, 6) is 0.521. The van der Waals surface area contributed by atoms with E-state index in [0.29, 0.717) is 21.8 Å². The Morgan fingerprint density at radius 3 is 2.86 bits per heavy atom. The molecule has 5 heteroatoms. The largest absolute Gasteiger partial charge is 0.454 e. The van der Waals surface area contributed by atoms with E-state index >= 15 is 0 Å². The molecular weight excluding hydrogens is 288 g/mol. The Morgan fingerprint density at radius 1 is 1.29 bits per heavy atom. The van der Waals surface area contributed by atoms with Gasteiger partial charge in [0.2, 0.25) is 0 Å². The van der Waals surface area contributed by atoms with Crippen LogP contribution in [0.25, 0.3) is 22.4 Å². The zero-order valence-corrected chi connectivity index (χ0v) is 12.6. The number of hydrogen-bond donors (Lipinski definition) is 0. The Hall–Kier alpha value is -2.07. The fourth-order valence-electron chi connectivity index (χ4n) is 2.39. The van der Waals surface area contributed by atoms with Crippen molar-refractivity contribution in [2.45, 2.75) is 19.8 Å². The van der Waals surface area contributed by atoms with Crippen LogP contribution in [0.15, 0.2) is 39.5 Å². The maximum absolute atomic E-state index is 12.2. The van der Waals surface area contributed by atoms with Crippen molar-refractivity contribution >= 4 is 22.6 Å². The van der Waals surface area contributed by atoms with Crippen molar-refractivity contribution < 1.29 is 4.42 Å². The molecule has 0 saturated carbocycles. The van der Waals surface area contributed by atoms with Gasteiger partial charge in [0.15, 0.2) is 11.2 Å². The van der Waals surface area contributed by atoms with Crippen LogP contribution < -0.4 is 5.43 Å². The predicted molar refractivity (Wildman–Crippen MR) is 83.7 cm³/mol. The summed E-state index contributed by atoms with van der Waals surface area (Å²) < 4.78 is 7.58. The summed E-state index contributed by atoms with van der Waals surface area (Å²) in [6.45, 7) is 2.11. The van der Waals surface area contributed by atoms with Gasteiger partial charge in [-0.05, 0) is 30.7 Å². The van der Waals surface area contributed by atoms with Gasteiger partial charge in [-0.25, -0.2) is 0 Å². The van der Waals surface area contributed by atoms with Gasteiger partial charge in [0.25, 0.3) is 0 Å². The van der Waals surface area contributed by atoms with Crippen LogP contribution >= 0.6 is 11.6 Å². The number of aryl methyl sites for hydroxylation is 2. The molecule has 3 aromatic rings. The number of fused-ring (bicyclic) bond motifs is 1. The molecule has 1 aromatic carbocycles. The lowest BCUT2D eigenvalue weighted by Crippen LogP contribution is -2.02. The minimum Gasteiger partial charge on any atom is -0.454 e. The lowest BCUT2D eigenvalue weighted by molar-refractivity contribution is 0.605. The molecule has 108 valence electrons. The van der Waals surface area contributed by atoms with Gasteiger partial charge in [-0.2, -0.15) is 5.10 Å². The van der Waals surface area contributed by atoms with Crippen molar-refractivity contribution in [3.05, 3.63) is 51.3 Å². The molecular formula is C16H15ClN2O2. The standard InChI is InChI=1S/C16H15ClN2O2/c1-3-4-11-8-13(19(2)18-11)16-9-14(20)12-7-10(17)5-6-15(12)21-16/h5-9H,3-4H2,1-2H3. The molecule has 0 aliphatic carbocycles. The summed E-state index contributed by atoms with van der Waals surface area (Å²) >= 11 is 5.92. The summed E-state index contributed by atoms with van der Waals surface area (Å²) in [5, 5.41) is 5.44. The molecule has 0 unspecified atom stereocenters. The number of rotatable bonds is 3. The minimum absolute atomic E-state index is 0.105. The van der Waals surface area contributed by atoms with E-state index in [1.165, 1.54) is 6.07 Å². The van der Waals surface area contributed by atoms with E-state index in [-0.39, 0.29) is 5.43 Å². The van der Waals surface area contributed by atoms with E-state index in [0.717, 1.165) is 24.2 Å². The molecule has 2 aromatic heterocycles. The van der Waals surface area contributed by atoms with E-state index in [1.807, 2.05) is 13.1 Å². The van der Waals surface area contributed by atoms with Gasteiger partial charge in [0.1, 0.15) is 11.3 Å². The Balaban J connectivity index is 2.17. The summed E-state index contributed by atoms with van der Waals surface area (Å²) in [5.41, 5.74) is 2.22. The second-order valence-corrected chi connectivity index (χ2v) is 5.45. The first-order valence-corrected chi connectivity index (χ1v) is 7.23. The third kappa shape index (κ3) is 2.59. The molecule has 3 rings (SSSR count). The average Bonchev–Trinajstić information content (AvgIpc) is 2.81. The van der Waals surface area contributed by atoms with E-state index in [4.69, 9.17) is 16.0 Å². The quantitative estimate of drug-likeness (QED) is 0.739. The van der Waals surface area contributed by atoms with Gasteiger partial charge in [0, 0.05) is 18.1 Å². The topological polar surface area (TPSA) is 48.0 Å². The predicted octanol–water partition coefficient (Wildman–Crippen LogP) is 3.80. The third-order valence-corrected chi connectivity index (χ3v) is 3.61. The maximum Gasteiger partial charge on any atom is 0.193 e. The number of aromatic nitrogens is 2. The highest BCUT2D eigenvalue weighted by Gasteiger charge is 2.12. The van der Waals surface area contributed by atoms with Gasteiger partial charge in [0.05, 0.1) is 11.1 Å². The molecule has 2 heterocycles. The van der Waals surface area contributed by atoms with Crippen molar-refractivity contribution in [2.24, 2.45) is 7.05 Å². The number of hydrogen-bond acceptors (Lipinski definition) is 3. The van der Waals surface area contributed by atoms with Crippen LogP contribution in [-0.2, 0) is 13.5 Å². The van der Waals surface area contributed by atoms with Gasteiger partial charge < -0.3 is 4.42 Å². The Labute approximate surface area is 127 Å². The molecule has 0 aliphatic rings. The fourth-order valence-corrected chi connectivity index (χ4v) is 2.56. The summed E-state index contributed by atoms with van der Waals surface area (Å²) in [6.07, 6.45) is 1.93. The van der Waals surface area contributed by atoms with Crippen LogP contribution in [0.1, 0.15) is 19.0 Å². The van der Waals surface area contributed by atoms with Crippen molar-refractivity contribution in [1.29, 1.82) is 0 Å². The van der Waals surface area contributed by atoms with Crippen LogP contribution in [0.5, 0.6) is 0 Å². The molecule has 0 amide bonds. The Kier molecular flexibility index (Phi) is 3.55. The monoisotopic (exact) mass is 302 g/mol. The van der Waals surface area contributed by atoms with Crippen molar-refractivity contribution in [3.8, 4) is 11.5 Å². The second-order valence-electron chi connectivity index (χ2n) is 5.01. The number of halogens is 1. The second kappa shape index (κ2) is 5.37. The highest BCUT2D eigenvalue weighted by Crippen LogP contribution is 2.24. The van der Waals surface area contributed by atoms with E-state index < -0.39 is 0 Å². The Bertz CT molecular complexity index is 864. The van der Waals surface area contributed by atoms with Crippen molar-refractivity contribution in [2.75, 3.05) is 0 Å². The molecule has 4 nitrogen and oxygen atoms in total. The SMILES string of the molecule is CCCc1cc(-c2cc(=O)c3cc(Cl)ccc3o2)n(C)n1. The average molecular weight is 303 g/mol. The molecule has 0 fully saturated rings. The van der Waals surface area contributed by atoms with E-state index in [2.05, 4.69) is 12.0 Å². The van der Waals surface area contributed by atoms with Gasteiger partial charge in [-0.1, -0.05) is 24.9 Å². The van der Waals surface area contributed by atoms with Crippen molar-refractivity contribution in [1.82, 2.24) is 9.78 Å². The number of nitrogens with zero attached hydrogens (tertiary/aromatic N) is 2. The highest BCUT2D eigenvalue weighted by atomic mass is 35.5. The number of benzene rings is 1. The van der Waals surface area contributed by atoms with Crippen LogP contribution in [0, 0.1) is 0 Å². The summed E-state index contributed by atoms with van der Waals surface area (Å²) in [4.78, 5) is 12.2. The highest BCUT2D eigenvalue weighted by molar-refractivity contribution is 6.31.